The third-order valence-electron chi connectivity index (χ3n) is 3.37. The van der Waals surface area contributed by atoms with Crippen LogP contribution in [0.2, 0.25) is 0 Å². The van der Waals surface area contributed by atoms with Gasteiger partial charge in [0.05, 0.1) is 0 Å². The van der Waals surface area contributed by atoms with Crippen molar-refractivity contribution < 1.29 is 0 Å². The Morgan fingerprint density at radius 1 is 1.50 bits per heavy atom. The summed E-state index contributed by atoms with van der Waals surface area (Å²) in [7, 11) is 4.38. The van der Waals surface area contributed by atoms with E-state index in [0.717, 1.165) is 32.5 Å². The predicted molar refractivity (Wildman–Crippen MR) is 69.1 cm³/mol. The largest absolute Gasteiger partial charge is 0.304 e. The van der Waals surface area contributed by atoms with Gasteiger partial charge in [0.1, 0.15) is 0 Å². The fourth-order valence-corrected chi connectivity index (χ4v) is 2.32. The predicted octanol–water partition coefficient (Wildman–Crippen LogP) is 0.420. The van der Waals surface area contributed by atoms with E-state index in [1.54, 1.807) is 0 Å². The third-order valence-corrected chi connectivity index (χ3v) is 3.37. The summed E-state index contributed by atoms with van der Waals surface area (Å²) in [5.41, 5.74) is 4.10. The number of likely N-dealkylation sites (N-methyl/N-ethyl adjacent to an activating group) is 2. The Kier molecular flexibility index (Phi) is 5.41. The van der Waals surface area contributed by atoms with Crippen molar-refractivity contribution in [3.8, 4) is 0 Å². The van der Waals surface area contributed by atoms with Crippen LogP contribution in [0, 0.1) is 0 Å². The van der Waals surface area contributed by atoms with E-state index in [4.69, 9.17) is 5.84 Å². The number of rotatable bonds is 5. The van der Waals surface area contributed by atoms with Crippen molar-refractivity contribution in [3.63, 3.8) is 0 Å². The fraction of sp³-hybridized carbons (Fsp3) is 0.833. The molecule has 1 heterocycles. The van der Waals surface area contributed by atoms with Crippen molar-refractivity contribution in [2.75, 3.05) is 33.7 Å². The topological polar surface area (TPSA) is 44.5 Å². The van der Waals surface area contributed by atoms with Crippen LogP contribution in [0.15, 0.2) is 12.2 Å². The molecule has 0 radical (unpaired) electrons. The van der Waals surface area contributed by atoms with Crippen LogP contribution in [0.3, 0.4) is 0 Å². The van der Waals surface area contributed by atoms with Gasteiger partial charge in [-0.25, -0.2) is 0 Å². The molecule has 0 aromatic heterocycles. The van der Waals surface area contributed by atoms with Crippen LogP contribution in [0.5, 0.6) is 0 Å². The molecule has 94 valence electrons. The van der Waals surface area contributed by atoms with E-state index in [2.05, 4.69) is 42.8 Å². The molecule has 1 aliphatic heterocycles. The van der Waals surface area contributed by atoms with Crippen LogP contribution >= 0.6 is 0 Å². The molecular weight excluding hydrogens is 200 g/mol. The van der Waals surface area contributed by atoms with E-state index in [1.165, 1.54) is 5.57 Å². The van der Waals surface area contributed by atoms with E-state index < -0.39 is 0 Å². The molecule has 3 N–H and O–H groups in total. The van der Waals surface area contributed by atoms with Gasteiger partial charge in [-0.2, -0.15) is 0 Å². The molecular formula is C12H26N4. The van der Waals surface area contributed by atoms with E-state index in [1.807, 2.05) is 0 Å². The minimum atomic E-state index is 0.344. The second-order valence-electron chi connectivity index (χ2n) is 5.16. The molecule has 1 fully saturated rings. The van der Waals surface area contributed by atoms with Crippen LogP contribution < -0.4 is 11.3 Å². The average Bonchev–Trinajstić information content (AvgIpc) is 2.21. The maximum atomic E-state index is 5.60. The van der Waals surface area contributed by atoms with Crippen molar-refractivity contribution in [2.45, 2.75) is 31.8 Å². The van der Waals surface area contributed by atoms with Crippen LogP contribution in [-0.4, -0.2) is 55.6 Å². The normalized spacial score (nSPS) is 25.6. The summed E-state index contributed by atoms with van der Waals surface area (Å²) in [6.07, 6.45) is 2.05. The average molecular weight is 226 g/mol. The van der Waals surface area contributed by atoms with Crippen LogP contribution in [0.1, 0.15) is 19.8 Å². The Balaban J connectivity index is 2.45. The Labute approximate surface area is 99.4 Å². The maximum Gasteiger partial charge on any atom is 0.0262 e. The van der Waals surface area contributed by atoms with Gasteiger partial charge in [-0.3, -0.25) is 11.3 Å². The van der Waals surface area contributed by atoms with Gasteiger partial charge in [0.2, 0.25) is 0 Å². The van der Waals surface area contributed by atoms with Crippen LogP contribution in [-0.2, 0) is 0 Å². The van der Waals surface area contributed by atoms with E-state index in [0.29, 0.717) is 12.1 Å². The number of hydrogen-bond donors (Lipinski definition) is 2. The standard InChI is InChI=1S/C12H26N4/c1-10(2)7-11(14-13)8-12-9-15(3)5-6-16(12)4/h11-12,14H,1,5-9,13H2,2-4H3. The van der Waals surface area contributed by atoms with E-state index in [9.17, 15) is 0 Å². The molecule has 0 aliphatic carbocycles. The lowest BCUT2D eigenvalue weighted by Crippen LogP contribution is -2.52. The quantitative estimate of drug-likeness (QED) is 0.405. The van der Waals surface area contributed by atoms with Gasteiger partial charge in [0.15, 0.2) is 0 Å². The molecule has 0 spiro atoms. The number of nitrogens with one attached hydrogen (secondary N) is 1. The first-order valence-corrected chi connectivity index (χ1v) is 6.02. The zero-order valence-electron chi connectivity index (χ0n) is 10.9. The molecule has 4 nitrogen and oxygen atoms in total. The van der Waals surface area contributed by atoms with Gasteiger partial charge in [0, 0.05) is 31.7 Å². The Hall–Kier alpha value is -0.420. The lowest BCUT2D eigenvalue weighted by molar-refractivity contribution is 0.101. The number of nitrogens with zero attached hydrogens (tertiary/aromatic N) is 2. The van der Waals surface area contributed by atoms with E-state index >= 15 is 0 Å². The first-order valence-electron chi connectivity index (χ1n) is 6.02. The molecule has 1 saturated heterocycles. The SMILES string of the molecule is C=C(C)CC(CC1CN(C)CCN1C)NN. The van der Waals surface area contributed by atoms with Crippen molar-refractivity contribution in [1.29, 1.82) is 0 Å². The Morgan fingerprint density at radius 2 is 2.19 bits per heavy atom. The third kappa shape index (κ3) is 4.22. The van der Waals surface area contributed by atoms with Gasteiger partial charge < -0.3 is 9.80 Å². The van der Waals surface area contributed by atoms with Gasteiger partial charge in [0.25, 0.3) is 0 Å². The summed E-state index contributed by atoms with van der Waals surface area (Å²) >= 11 is 0. The lowest BCUT2D eigenvalue weighted by Gasteiger charge is -2.39. The summed E-state index contributed by atoms with van der Waals surface area (Å²) < 4.78 is 0. The highest BCUT2D eigenvalue weighted by molar-refractivity contribution is 4.94. The number of hydrazine groups is 1. The molecule has 2 atom stereocenters. The monoisotopic (exact) mass is 226 g/mol. The summed E-state index contributed by atoms with van der Waals surface area (Å²) in [6.45, 7) is 9.44. The van der Waals surface area contributed by atoms with Crippen molar-refractivity contribution in [2.24, 2.45) is 5.84 Å². The summed E-state index contributed by atoms with van der Waals surface area (Å²) in [5, 5.41) is 0. The van der Waals surface area contributed by atoms with Crippen molar-refractivity contribution in [1.82, 2.24) is 15.2 Å². The van der Waals surface area contributed by atoms with Crippen LogP contribution in [0.25, 0.3) is 0 Å². The molecule has 0 amide bonds. The van der Waals surface area contributed by atoms with Crippen molar-refractivity contribution >= 4 is 0 Å². The van der Waals surface area contributed by atoms with Crippen molar-refractivity contribution in [3.05, 3.63) is 12.2 Å². The molecule has 1 rings (SSSR count). The first-order chi connectivity index (χ1) is 7.52. The number of piperazine rings is 1. The number of hydrogen-bond acceptors (Lipinski definition) is 4. The molecule has 0 aromatic carbocycles. The minimum absolute atomic E-state index is 0.344. The molecule has 4 heteroatoms. The second-order valence-corrected chi connectivity index (χ2v) is 5.16. The van der Waals surface area contributed by atoms with Gasteiger partial charge in [-0.05, 0) is 33.9 Å². The zero-order valence-corrected chi connectivity index (χ0v) is 10.9. The first kappa shape index (κ1) is 13.6. The highest BCUT2D eigenvalue weighted by Crippen LogP contribution is 2.14. The lowest BCUT2D eigenvalue weighted by atomic mass is 9.99. The zero-order chi connectivity index (χ0) is 12.1. The summed E-state index contributed by atoms with van der Waals surface area (Å²) in [5.74, 6) is 5.60. The molecule has 0 aromatic rings. The Morgan fingerprint density at radius 3 is 2.75 bits per heavy atom. The maximum absolute atomic E-state index is 5.60. The van der Waals surface area contributed by atoms with E-state index in [-0.39, 0.29) is 0 Å². The molecule has 2 unspecified atom stereocenters. The van der Waals surface area contributed by atoms with Crippen LogP contribution in [0.4, 0.5) is 0 Å². The summed E-state index contributed by atoms with van der Waals surface area (Å²) in [6, 6.07) is 0.940. The summed E-state index contributed by atoms with van der Waals surface area (Å²) in [4.78, 5) is 4.82. The second kappa shape index (κ2) is 6.35. The highest BCUT2D eigenvalue weighted by atomic mass is 15.3. The minimum Gasteiger partial charge on any atom is -0.304 e. The van der Waals surface area contributed by atoms with Gasteiger partial charge >= 0.3 is 0 Å². The van der Waals surface area contributed by atoms with Gasteiger partial charge in [-0.15, -0.1) is 6.58 Å². The molecule has 1 aliphatic rings. The smallest absolute Gasteiger partial charge is 0.0262 e. The molecule has 16 heavy (non-hydrogen) atoms. The number of nitrogens with two attached hydrogens (primary N) is 1. The molecule has 0 saturated carbocycles. The highest BCUT2D eigenvalue weighted by Gasteiger charge is 2.24. The van der Waals surface area contributed by atoms with Gasteiger partial charge in [-0.1, -0.05) is 5.57 Å². The Bertz CT molecular complexity index is 229. The fourth-order valence-electron chi connectivity index (χ4n) is 2.32. The molecule has 0 bridgehead atoms.